The summed E-state index contributed by atoms with van der Waals surface area (Å²) in [5.74, 6) is 0.0561. The van der Waals surface area contributed by atoms with E-state index in [-0.39, 0.29) is 30.3 Å². The van der Waals surface area contributed by atoms with Gasteiger partial charge in [-0.15, -0.1) is 0 Å². The van der Waals surface area contributed by atoms with Crippen LogP contribution in [0.15, 0.2) is 0 Å². The first-order valence-corrected chi connectivity index (χ1v) is 9.90. The number of carbonyl (C=O) groups excluding carboxylic acids is 3. The third kappa shape index (κ3) is 8.15. The second-order valence-corrected chi connectivity index (χ2v) is 9.15. The summed E-state index contributed by atoms with van der Waals surface area (Å²) >= 11 is 0. The summed E-state index contributed by atoms with van der Waals surface area (Å²) in [5, 5.41) is 5.62. The third-order valence-electron chi connectivity index (χ3n) is 3.84. The number of carbonyl (C=O) groups is 3. The van der Waals surface area contributed by atoms with Gasteiger partial charge in [-0.3, -0.25) is 23.9 Å². The number of nitrogens with one attached hydrogen (secondary N) is 2. The Morgan fingerprint density at radius 2 is 1.58 bits per heavy atom. The fourth-order valence-electron chi connectivity index (χ4n) is 2.26. The van der Waals surface area contributed by atoms with Gasteiger partial charge in [0.05, 0.1) is 11.6 Å². The monoisotopic (exact) mass is 360 g/mol. The van der Waals surface area contributed by atoms with Crippen molar-refractivity contribution >= 4 is 28.3 Å². The lowest BCUT2D eigenvalue weighted by atomic mass is 9.83. The van der Waals surface area contributed by atoms with E-state index in [1.54, 1.807) is 20.1 Å². The predicted molar refractivity (Wildman–Crippen MR) is 97.3 cm³/mol. The Balaban J connectivity index is 5.08. The van der Waals surface area contributed by atoms with Crippen LogP contribution in [-0.2, 0) is 25.2 Å². The van der Waals surface area contributed by atoms with E-state index >= 15 is 0 Å². The molecule has 0 radical (unpaired) electrons. The molecule has 0 fully saturated rings. The van der Waals surface area contributed by atoms with Gasteiger partial charge in [-0.05, 0) is 20.3 Å². The third-order valence-corrected chi connectivity index (χ3v) is 4.65. The van der Waals surface area contributed by atoms with Gasteiger partial charge in [0.25, 0.3) is 0 Å². The topological polar surface area (TPSA) is 92.3 Å². The SMILES string of the molecule is CNC(=O)CCC(=O)C(C)(C)NC(CCS(C)=O)C(=O)C(C)(C)C. The molecule has 0 aromatic carbocycles. The highest BCUT2D eigenvalue weighted by Gasteiger charge is 2.36. The lowest BCUT2D eigenvalue weighted by Gasteiger charge is -2.33. The predicted octanol–water partition coefficient (Wildman–Crippen LogP) is 1.20. The first-order valence-electron chi connectivity index (χ1n) is 8.17. The van der Waals surface area contributed by atoms with Crippen LogP contribution in [0.1, 0.15) is 53.9 Å². The van der Waals surface area contributed by atoms with Crippen LogP contribution in [0.2, 0.25) is 0 Å². The zero-order valence-electron chi connectivity index (χ0n) is 15.9. The minimum Gasteiger partial charge on any atom is -0.359 e. The van der Waals surface area contributed by atoms with Crippen LogP contribution in [0.3, 0.4) is 0 Å². The zero-order chi connectivity index (χ0) is 19.1. The van der Waals surface area contributed by atoms with Crippen molar-refractivity contribution in [3.8, 4) is 0 Å². The quantitative estimate of drug-likeness (QED) is 0.611. The number of Topliss-reactive ketones (excluding diaryl/α,β-unsaturated/α-hetero) is 2. The van der Waals surface area contributed by atoms with Gasteiger partial charge in [-0.1, -0.05) is 20.8 Å². The van der Waals surface area contributed by atoms with E-state index in [0.717, 1.165) is 0 Å². The Morgan fingerprint density at radius 3 is 2.00 bits per heavy atom. The molecule has 0 aromatic rings. The van der Waals surface area contributed by atoms with Crippen molar-refractivity contribution in [1.29, 1.82) is 0 Å². The van der Waals surface area contributed by atoms with Crippen molar-refractivity contribution in [2.45, 2.75) is 65.5 Å². The van der Waals surface area contributed by atoms with Crippen LogP contribution in [0.5, 0.6) is 0 Å². The molecule has 0 aliphatic heterocycles. The Kier molecular flexibility index (Phi) is 8.99. The number of amides is 1. The van der Waals surface area contributed by atoms with E-state index in [1.165, 1.54) is 7.05 Å². The molecule has 2 atom stereocenters. The Bertz CT molecular complexity index is 495. The van der Waals surface area contributed by atoms with Gasteiger partial charge in [-0.2, -0.15) is 0 Å². The average Bonchev–Trinajstić information content (AvgIpc) is 2.46. The summed E-state index contributed by atoms with van der Waals surface area (Å²) in [6.45, 7) is 8.91. The van der Waals surface area contributed by atoms with Gasteiger partial charge in [0.1, 0.15) is 0 Å². The molecule has 24 heavy (non-hydrogen) atoms. The molecule has 6 nitrogen and oxygen atoms in total. The van der Waals surface area contributed by atoms with E-state index in [4.69, 9.17) is 0 Å². The summed E-state index contributed by atoms with van der Waals surface area (Å²) in [7, 11) is 0.517. The molecule has 0 aliphatic rings. The highest BCUT2D eigenvalue weighted by atomic mass is 32.2. The first kappa shape index (κ1) is 22.9. The van der Waals surface area contributed by atoms with Gasteiger partial charge >= 0.3 is 0 Å². The van der Waals surface area contributed by atoms with Crippen molar-refractivity contribution in [1.82, 2.24) is 10.6 Å². The van der Waals surface area contributed by atoms with Gasteiger partial charge in [0, 0.05) is 48.1 Å². The molecule has 140 valence electrons. The van der Waals surface area contributed by atoms with Crippen molar-refractivity contribution in [2.24, 2.45) is 5.41 Å². The van der Waals surface area contributed by atoms with Crippen LogP contribution < -0.4 is 10.6 Å². The van der Waals surface area contributed by atoms with E-state index in [9.17, 15) is 18.6 Å². The molecule has 2 unspecified atom stereocenters. The maximum atomic E-state index is 12.7. The summed E-state index contributed by atoms with van der Waals surface area (Å²) < 4.78 is 11.4. The molecule has 0 aliphatic carbocycles. The van der Waals surface area contributed by atoms with Crippen LogP contribution in [-0.4, -0.2) is 52.3 Å². The molecule has 0 saturated carbocycles. The van der Waals surface area contributed by atoms with Crippen LogP contribution >= 0.6 is 0 Å². The highest BCUT2D eigenvalue weighted by Crippen LogP contribution is 2.21. The number of ketones is 2. The first-order chi connectivity index (χ1) is 10.8. The largest absolute Gasteiger partial charge is 0.359 e. The minimum atomic E-state index is -1.01. The molecular formula is C17H32N2O4S. The van der Waals surface area contributed by atoms with E-state index in [0.29, 0.717) is 12.2 Å². The van der Waals surface area contributed by atoms with Gasteiger partial charge < -0.3 is 5.32 Å². The fourth-order valence-corrected chi connectivity index (χ4v) is 2.82. The summed E-state index contributed by atoms with van der Waals surface area (Å²) in [5.41, 5.74) is -1.50. The lowest BCUT2D eigenvalue weighted by molar-refractivity contribution is -0.131. The molecule has 0 spiro atoms. The molecule has 7 heteroatoms. The van der Waals surface area contributed by atoms with Crippen molar-refractivity contribution in [3.63, 3.8) is 0 Å². The van der Waals surface area contributed by atoms with E-state index < -0.39 is 27.8 Å². The van der Waals surface area contributed by atoms with Crippen molar-refractivity contribution in [2.75, 3.05) is 19.1 Å². The van der Waals surface area contributed by atoms with Crippen molar-refractivity contribution in [3.05, 3.63) is 0 Å². The average molecular weight is 361 g/mol. The molecule has 0 saturated heterocycles. The van der Waals surface area contributed by atoms with Crippen LogP contribution in [0.4, 0.5) is 0 Å². The maximum Gasteiger partial charge on any atom is 0.220 e. The molecule has 0 aromatic heterocycles. The molecule has 0 bridgehead atoms. The molecule has 1 amide bonds. The lowest BCUT2D eigenvalue weighted by Crippen LogP contribution is -2.56. The van der Waals surface area contributed by atoms with Crippen LogP contribution in [0, 0.1) is 5.41 Å². The summed E-state index contributed by atoms with van der Waals surface area (Å²) in [6.07, 6.45) is 2.23. The summed E-state index contributed by atoms with van der Waals surface area (Å²) in [6, 6.07) is -0.548. The van der Waals surface area contributed by atoms with E-state index in [2.05, 4.69) is 10.6 Å². The number of rotatable bonds is 10. The Hall–Kier alpha value is -1.08. The van der Waals surface area contributed by atoms with Gasteiger partial charge in [0.2, 0.25) is 5.91 Å². The number of hydrogen-bond acceptors (Lipinski definition) is 5. The van der Waals surface area contributed by atoms with Crippen LogP contribution in [0.25, 0.3) is 0 Å². The molecule has 0 rings (SSSR count). The van der Waals surface area contributed by atoms with Gasteiger partial charge in [0.15, 0.2) is 11.6 Å². The normalized spacial score (nSPS) is 14.8. The molecular weight excluding hydrogens is 328 g/mol. The van der Waals surface area contributed by atoms with Gasteiger partial charge in [-0.25, -0.2) is 0 Å². The zero-order valence-corrected chi connectivity index (χ0v) is 16.8. The fraction of sp³-hybridized carbons (Fsp3) is 0.824. The van der Waals surface area contributed by atoms with Crippen molar-refractivity contribution < 1.29 is 18.6 Å². The smallest absolute Gasteiger partial charge is 0.220 e. The Labute approximate surface area is 148 Å². The second-order valence-electron chi connectivity index (χ2n) is 7.60. The standard InChI is InChI=1S/C17H32N2O4S/c1-16(2,3)15(22)12(10-11-24(7)23)19-17(4,5)13(20)8-9-14(21)18-6/h12,19H,8-11H2,1-7H3,(H,18,21). The number of hydrogen-bond donors (Lipinski definition) is 2. The Morgan fingerprint density at radius 1 is 1.04 bits per heavy atom. The highest BCUT2D eigenvalue weighted by molar-refractivity contribution is 7.84. The minimum absolute atomic E-state index is 0.0138. The summed E-state index contributed by atoms with van der Waals surface area (Å²) in [4.78, 5) is 36.4. The second kappa shape index (κ2) is 9.42. The maximum absolute atomic E-state index is 12.7. The molecule has 2 N–H and O–H groups in total. The molecule has 0 heterocycles. The van der Waals surface area contributed by atoms with E-state index in [1.807, 2.05) is 20.8 Å².